The van der Waals surface area contributed by atoms with E-state index >= 15 is 0 Å². The molecule has 0 bridgehead atoms. The van der Waals surface area contributed by atoms with Gasteiger partial charge in [0.25, 0.3) is 0 Å². The first-order valence-electron chi connectivity index (χ1n) is 6.76. The molecule has 2 atom stereocenters. The Kier molecular flexibility index (Phi) is 3.46. The quantitative estimate of drug-likeness (QED) is 0.896. The number of nitrogens with two attached hydrogens (primary N) is 1. The Morgan fingerprint density at radius 1 is 1.05 bits per heavy atom. The van der Waals surface area contributed by atoms with Crippen molar-refractivity contribution in [3.8, 4) is 0 Å². The van der Waals surface area contributed by atoms with E-state index in [0.717, 1.165) is 23.7 Å². The molecule has 0 amide bonds. The van der Waals surface area contributed by atoms with Crippen LogP contribution in [0.1, 0.15) is 29.9 Å². The normalized spacial score (nSPS) is 25.3. The zero-order chi connectivity index (χ0) is 13.3. The molecule has 0 radical (unpaired) electrons. The highest BCUT2D eigenvalue weighted by molar-refractivity contribution is 9.10. The summed E-state index contributed by atoms with van der Waals surface area (Å²) in [7, 11) is 0. The van der Waals surface area contributed by atoms with E-state index in [0.29, 0.717) is 5.92 Å². The number of hydrogen-bond donors (Lipinski definition) is 1. The molecule has 2 heteroatoms. The van der Waals surface area contributed by atoms with Crippen molar-refractivity contribution in [1.82, 2.24) is 0 Å². The Morgan fingerprint density at radius 3 is 2.42 bits per heavy atom. The van der Waals surface area contributed by atoms with E-state index in [1.807, 2.05) is 0 Å². The van der Waals surface area contributed by atoms with Crippen molar-refractivity contribution in [3.05, 3.63) is 70.2 Å². The van der Waals surface area contributed by atoms with Crippen LogP contribution >= 0.6 is 15.9 Å². The molecule has 0 heterocycles. The predicted octanol–water partition coefficient (Wildman–Crippen LogP) is 4.27. The van der Waals surface area contributed by atoms with Gasteiger partial charge >= 0.3 is 0 Å². The van der Waals surface area contributed by atoms with Crippen molar-refractivity contribution in [2.75, 3.05) is 0 Å². The maximum absolute atomic E-state index is 6.50. The Morgan fingerprint density at radius 2 is 1.74 bits per heavy atom. The largest absolute Gasteiger partial charge is 0.325 e. The Balaban J connectivity index is 1.62. The van der Waals surface area contributed by atoms with Gasteiger partial charge in [-0.05, 0) is 42.5 Å². The van der Waals surface area contributed by atoms with Crippen molar-refractivity contribution in [2.45, 2.75) is 30.7 Å². The van der Waals surface area contributed by atoms with Gasteiger partial charge in [-0.15, -0.1) is 0 Å². The molecule has 98 valence electrons. The molecule has 0 aliphatic heterocycles. The average molecular weight is 316 g/mol. The average Bonchev–Trinajstić information content (AvgIpc) is 3.11. The van der Waals surface area contributed by atoms with E-state index in [1.54, 1.807) is 0 Å². The summed E-state index contributed by atoms with van der Waals surface area (Å²) < 4.78 is 1.13. The summed E-state index contributed by atoms with van der Waals surface area (Å²) >= 11 is 3.47. The molecule has 3 rings (SSSR count). The van der Waals surface area contributed by atoms with Crippen LogP contribution in [0.3, 0.4) is 0 Å². The van der Waals surface area contributed by atoms with E-state index in [1.165, 1.54) is 11.1 Å². The summed E-state index contributed by atoms with van der Waals surface area (Å²) in [5.41, 5.74) is 9.26. The Bertz CT molecular complexity index is 549. The lowest BCUT2D eigenvalue weighted by atomic mass is 10.00. The second-order valence-corrected chi connectivity index (χ2v) is 6.44. The van der Waals surface area contributed by atoms with Gasteiger partial charge < -0.3 is 5.73 Å². The standard InChI is InChI=1S/C17H18BrN/c18-15-8-6-14(7-9-15)16-12-17(16,19)11-10-13-4-2-1-3-5-13/h1-9,16H,10-12,19H2/t16-,17+/m1/s1. The summed E-state index contributed by atoms with van der Waals surface area (Å²) in [5, 5.41) is 0. The van der Waals surface area contributed by atoms with Gasteiger partial charge in [-0.3, -0.25) is 0 Å². The Labute approximate surface area is 123 Å². The lowest BCUT2D eigenvalue weighted by molar-refractivity contribution is 0.589. The van der Waals surface area contributed by atoms with Crippen LogP contribution in [0.15, 0.2) is 59.1 Å². The van der Waals surface area contributed by atoms with E-state index in [2.05, 4.69) is 70.5 Å². The number of hydrogen-bond acceptors (Lipinski definition) is 1. The van der Waals surface area contributed by atoms with Crippen LogP contribution in [0.5, 0.6) is 0 Å². The van der Waals surface area contributed by atoms with Crippen LogP contribution in [0.25, 0.3) is 0 Å². The molecule has 0 aromatic heterocycles. The summed E-state index contributed by atoms with van der Waals surface area (Å²) in [5.74, 6) is 0.532. The Hall–Kier alpha value is -1.12. The molecule has 2 aromatic rings. The third-order valence-corrected chi connectivity index (χ3v) is 4.64. The first kappa shape index (κ1) is 12.9. The lowest BCUT2D eigenvalue weighted by Gasteiger charge is -2.12. The van der Waals surface area contributed by atoms with Gasteiger partial charge in [0, 0.05) is 15.9 Å². The van der Waals surface area contributed by atoms with E-state index in [4.69, 9.17) is 5.73 Å². The van der Waals surface area contributed by atoms with E-state index < -0.39 is 0 Å². The highest BCUT2D eigenvalue weighted by Gasteiger charge is 2.50. The van der Waals surface area contributed by atoms with Crippen LogP contribution < -0.4 is 5.73 Å². The zero-order valence-electron chi connectivity index (χ0n) is 10.9. The topological polar surface area (TPSA) is 26.0 Å². The van der Waals surface area contributed by atoms with Crippen LogP contribution in [0.2, 0.25) is 0 Å². The molecule has 0 spiro atoms. The van der Waals surface area contributed by atoms with Crippen molar-refractivity contribution >= 4 is 15.9 Å². The summed E-state index contributed by atoms with van der Waals surface area (Å²) in [6.45, 7) is 0. The van der Waals surface area contributed by atoms with Gasteiger partial charge in [0.05, 0.1) is 0 Å². The minimum absolute atomic E-state index is 0.00364. The van der Waals surface area contributed by atoms with Gasteiger partial charge in [0.1, 0.15) is 0 Å². The molecule has 2 aromatic carbocycles. The maximum atomic E-state index is 6.50. The van der Waals surface area contributed by atoms with Crippen molar-refractivity contribution in [3.63, 3.8) is 0 Å². The third-order valence-electron chi connectivity index (χ3n) is 4.11. The molecule has 2 N–H and O–H groups in total. The fraction of sp³-hybridized carbons (Fsp3) is 0.294. The van der Waals surface area contributed by atoms with Crippen LogP contribution in [0, 0.1) is 0 Å². The number of aryl methyl sites for hydroxylation is 1. The van der Waals surface area contributed by atoms with Crippen LogP contribution in [-0.4, -0.2) is 5.54 Å². The second-order valence-electron chi connectivity index (χ2n) is 5.53. The molecule has 1 aliphatic rings. The summed E-state index contributed by atoms with van der Waals surface area (Å²) in [6, 6.07) is 19.2. The fourth-order valence-electron chi connectivity index (χ4n) is 2.76. The van der Waals surface area contributed by atoms with Crippen molar-refractivity contribution in [2.24, 2.45) is 5.73 Å². The van der Waals surface area contributed by atoms with Gasteiger partial charge in [0.15, 0.2) is 0 Å². The third kappa shape index (κ3) is 2.90. The minimum atomic E-state index is 0.00364. The summed E-state index contributed by atoms with van der Waals surface area (Å²) in [4.78, 5) is 0. The smallest absolute Gasteiger partial charge is 0.0234 e. The molecule has 1 aliphatic carbocycles. The molecule has 1 fully saturated rings. The zero-order valence-corrected chi connectivity index (χ0v) is 12.4. The van der Waals surface area contributed by atoms with E-state index in [9.17, 15) is 0 Å². The SMILES string of the molecule is N[C@@]1(CCc2ccccc2)C[C@@H]1c1ccc(Br)cc1. The number of benzene rings is 2. The van der Waals surface area contributed by atoms with Gasteiger partial charge in [-0.25, -0.2) is 0 Å². The number of halogens is 1. The molecule has 0 saturated heterocycles. The highest BCUT2D eigenvalue weighted by Crippen LogP contribution is 2.52. The molecule has 1 nitrogen and oxygen atoms in total. The van der Waals surface area contributed by atoms with Gasteiger partial charge in [0.2, 0.25) is 0 Å². The molecule has 1 saturated carbocycles. The van der Waals surface area contributed by atoms with Crippen molar-refractivity contribution < 1.29 is 0 Å². The van der Waals surface area contributed by atoms with Crippen LogP contribution in [0.4, 0.5) is 0 Å². The fourth-order valence-corrected chi connectivity index (χ4v) is 3.03. The lowest BCUT2D eigenvalue weighted by Crippen LogP contribution is -2.25. The molecular weight excluding hydrogens is 298 g/mol. The second kappa shape index (κ2) is 5.10. The first-order chi connectivity index (χ1) is 9.17. The summed E-state index contributed by atoms with van der Waals surface area (Å²) in [6.07, 6.45) is 3.25. The minimum Gasteiger partial charge on any atom is -0.325 e. The van der Waals surface area contributed by atoms with Gasteiger partial charge in [-0.2, -0.15) is 0 Å². The monoisotopic (exact) mass is 315 g/mol. The predicted molar refractivity (Wildman–Crippen MR) is 83.2 cm³/mol. The van der Waals surface area contributed by atoms with Crippen molar-refractivity contribution in [1.29, 1.82) is 0 Å². The van der Waals surface area contributed by atoms with Gasteiger partial charge in [-0.1, -0.05) is 58.4 Å². The number of rotatable bonds is 4. The molecule has 0 unspecified atom stereocenters. The highest BCUT2D eigenvalue weighted by atomic mass is 79.9. The first-order valence-corrected chi connectivity index (χ1v) is 7.55. The molecular formula is C17H18BrN. The molecule has 19 heavy (non-hydrogen) atoms. The van der Waals surface area contributed by atoms with E-state index in [-0.39, 0.29) is 5.54 Å². The van der Waals surface area contributed by atoms with Crippen LogP contribution in [-0.2, 0) is 6.42 Å². The maximum Gasteiger partial charge on any atom is 0.0234 e.